The Morgan fingerprint density at radius 3 is 2.55 bits per heavy atom. The minimum Gasteiger partial charge on any atom is -0.495 e. The first kappa shape index (κ1) is 22.1. The number of hydrogen-bond donors (Lipinski definition) is 2. The molecule has 11 heteroatoms. The number of nitrogens with one attached hydrogen (secondary N) is 1. The Kier molecular flexibility index (Phi) is 6.43. The Bertz CT molecular complexity index is 1310. The highest BCUT2D eigenvalue weighted by Crippen LogP contribution is 2.30. The van der Waals surface area contributed by atoms with Crippen LogP contribution >= 0.6 is 11.3 Å². The maximum atomic E-state index is 14.0. The van der Waals surface area contributed by atoms with Crippen LogP contribution in [0, 0.1) is 17.7 Å². The molecule has 2 aromatic carbocycles. The number of ether oxygens (including phenoxy) is 2. The zero-order valence-electron chi connectivity index (χ0n) is 16.2. The van der Waals surface area contributed by atoms with Crippen LogP contribution in [-0.4, -0.2) is 38.7 Å². The monoisotopic (exact) mass is 462 g/mol. The summed E-state index contributed by atoms with van der Waals surface area (Å²) in [5.74, 6) is 3.43. The standard InChI is InChI=1S/C20H15FN2O6S2/c1-28-16-6-4-3-5-12(16)7-8-18-22-19(11-30-18)31(26,27)23-15-10-14(21)13(20(24)25)9-17(15)29-2/h3-6,9-11,23H,1-2H3,(H,24,25). The Balaban J connectivity index is 1.88. The number of halogens is 1. The van der Waals surface area contributed by atoms with Gasteiger partial charge in [0.2, 0.25) is 0 Å². The normalized spacial score (nSPS) is 10.7. The number of nitrogens with zero attached hydrogens (tertiary/aromatic N) is 1. The summed E-state index contributed by atoms with van der Waals surface area (Å²) in [5.41, 5.74) is -0.302. The van der Waals surface area contributed by atoms with Gasteiger partial charge in [-0.3, -0.25) is 4.72 Å². The number of hydrogen-bond acceptors (Lipinski definition) is 7. The molecule has 1 aromatic heterocycles. The largest absolute Gasteiger partial charge is 0.495 e. The highest BCUT2D eigenvalue weighted by Gasteiger charge is 2.22. The molecular formula is C20H15FN2O6S2. The Labute approximate surface area is 181 Å². The van der Waals surface area contributed by atoms with Crippen molar-refractivity contribution < 1.29 is 32.2 Å². The number of para-hydroxylation sites is 1. The first-order chi connectivity index (χ1) is 14.7. The van der Waals surface area contributed by atoms with Gasteiger partial charge in [-0.1, -0.05) is 18.1 Å². The predicted octanol–water partition coefficient (Wildman–Crippen LogP) is 3.20. The molecule has 0 spiro atoms. The van der Waals surface area contributed by atoms with Crippen molar-refractivity contribution in [1.29, 1.82) is 0 Å². The van der Waals surface area contributed by atoms with Crippen LogP contribution < -0.4 is 14.2 Å². The van der Waals surface area contributed by atoms with Gasteiger partial charge in [0.05, 0.1) is 31.0 Å². The molecule has 0 aliphatic rings. The van der Waals surface area contributed by atoms with Crippen molar-refractivity contribution in [3.8, 4) is 23.3 Å². The number of carboxylic acid groups (broad SMARTS) is 1. The van der Waals surface area contributed by atoms with Gasteiger partial charge >= 0.3 is 5.97 Å². The predicted molar refractivity (Wildman–Crippen MR) is 112 cm³/mol. The average molecular weight is 462 g/mol. The van der Waals surface area contributed by atoms with Crippen LogP contribution in [-0.2, 0) is 10.0 Å². The molecule has 0 saturated heterocycles. The lowest BCUT2D eigenvalue weighted by atomic mass is 10.2. The third-order valence-corrected chi connectivity index (χ3v) is 6.09. The van der Waals surface area contributed by atoms with Crippen LogP contribution in [0.2, 0.25) is 0 Å². The molecule has 3 rings (SSSR count). The number of thiazole rings is 1. The summed E-state index contributed by atoms with van der Waals surface area (Å²) in [6.45, 7) is 0. The van der Waals surface area contributed by atoms with Gasteiger partial charge < -0.3 is 14.6 Å². The van der Waals surface area contributed by atoms with Gasteiger partial charge in [-0.15, -0.1) is 11.3 Å². The van der Waals surface area contributed by atoms with Crippen molar-refractivity contribution in [1.82, 2.24) is 4.98 Å². The van der Waals surface area contributed by atoms with E-state index in [2.05, 4.69) is 21.5 Å². The SMILES string of the molecule is COc1ccccc1C#Cc1nc(S(=O)(=O)Nc2cc(F)c(C(=O)O)cc2OC)cs1. The Morgan fingerprint density at radius 1 is 1.16 bits per heavy atom. The van der Waals surface area contributed by atoms with E-state index in [1.54, 1.807) is 24.3 Å². The summed E-state index contributed by atoms with van der Waals surface area (Å²) in [5, 5.41) is 10.2. The van der Waals surface area contributed by atoms with Crippen molar-refractivity contribution in [3.63, 3.8) is 0 Å². The van der Waals surface area contributed by atoms with Crippen molar-refractivity contribution in [3.05, 3.63) is 63.7 Å². The molecule has 0 aliphatic heterocycles. The molecule has 31 heavy (non-hydrogen) atoms. The molecule has 160 valence electrons. The topological polar surface area (TPSA) is 115 Å². The van der Waals surface area contributed by atoms with Gasteiger partial charge in [0, 0.05) is 11.4 Å². The summed E-state index contributed by atoms with van der Waals surface area (Å²) in [7, 11) is -1.49. The molecule has 0 unspecified atom stereocenters. The number of carbonyl (C=O) groups is 1. The number of rotatable bonds is 6. The molecule has 2 N–H and O–H groups in total. The maximum absolute atomic E-state index is 14.0. The third-order valence-electron chi connectivity index (χ3n) is 3.93. The van der Waals surface area contributed by atoms with Gasteiger partial charge in [0.25, 0.3) is 10.0 Å². The van der Waals surface area contributed by atoms with Gasteiger partial charge in [0.15, 0.2) is 10.0 Å². The highest BCUT2D eigenvalue weighted by atomic mass is 32.2. The quantitative estimate of drug-likeness (QED) is 0.541. The summed E-state index contributed by atoms with van der Waals surface area (Å²) in [6, 6.07) is 8.70. The summed E-state index contributed by atoms with van der Waals surface area (Å²) in [4.78, 5) is 15.0. The molecule has 0 bridgehead atoms. The molecule has 0 fully saturated rings. The molecule has 0 aliphatic carbocycles. The van der Waals surface area contributed by atoms with E-state index < -0.39 is 27.4 Å². The van der Waals surface area contributed by atoms with Gasteiger partial charge in [-0.2, -0.15) is 8.42 Å². The first-order valence-electron chi connectivity index (χ1n) is 8.49. The Morgan fingerprint density at radius 2 is 1.87 bits per heavy atom. The van der Waals surface area contributed by atoms with Crippen molar-refractivity contribution in [2.75, 3.05) is 18.9 Å². The van der Waals surface area contributed by atoms with E-state index in [1.807, 2.05) is 0 Å². The van der Waals surface area contributed by atoms with Crippen molar-refractivity contribution in [2.45, 2.75) is 5.03 Å². The summed E-state index contributed by atoms with van der Waals surface area (Å²) in [6.07, 6.45) is 0. The minimum atomic E-state index is -4.21. The van der Waals surface area contributed by atoms with Crippen LogP contribution in [0.3, 0.4) is 0 Å². The van der Waals surface area contributed by atoms with E-state index in [0.29, 0.717) is 11.3 Å². The number of methoxy groups -OCH3 is 2. The average Bonchev–Trinajstić information content (AvgIpc) is 3.22. The van der Waals surface area contributed by atoms with Gasteiger partial charge in [0.1, 0.15) is 17.3 Å². The van der Waals surface area contributed by atoms with E-state index in [1.165, 1.54) is 19.6 Å². The number of carboxylic acids is 1. The smallest absolute Gasteiger partial charge is 0.338 e. The van der Waals surface area contributed by atoms with E-state index in [-0.39, 0.29) is 21.5 Å². The number of anilines is 1. The van der Waals surface area contributed by atoms with Crippen LogP contribution in [0.1, 0.15) is 20.9 Å². The lowest BCUT2D eigenvalue weighted by molar-refractivity contribution is 0.0691. The van der Waals surface area contributed by atoms with E-state index in [9.17, 15) is 17.6 Å². The fraction of sp³-hybridized carbons (Fsp3) is 0.100. The second kappa shape index (κ2) is 9.03. The molecule has 0 atom stereocenters. The summed E-state index contributed by atoms with van der Waals surface area (Å²) < 4.78 is 51.7. The van der Waals surface area contributed by atoms with Crippen molar-refractivity contribution in [2.24, 2.45) is 0 Å². The zero-order valence-corrected chi connectivity index (χ0v) is 17.8. The second-order valence-electron chi connectivity index (χ2n) is 5.88. The number of benzene rings is 2. The minimum absolute atomic E-state index is 0.159. The van der Waals surface area contributed by atoms with E-state index >= 15 is 0 Å². The van der Waals surface area contributed by atoms with E-state index in [4.69, 9.17) is 14.6 Å². The number of aromatic nitrogens is 1. The highest BCUT2D eigenvalue weighted by molar-refractivity contribution is 7.92. The molecule has 0 amide bonds. The Hall–Kier alpha value is -3.62. The molecule has 3 aromatic rings. The molecule has 1 heterocycles. The summed E-state index contributed by atoms with van der Waals surface area (Å²) >= 11 is 1.01. The van der Waals surface area contributed by atoms with Crippen molar-refractivity contribution >= 4 is 33.0 Å². The van der Waals surface area contributed by atoms with Gasteiger partial charge in [-0.05, 0) is 24.1 Å². The second-order valence-corrected chi connectivity index (χ2v) is 8.37. The van der Waals surface area contributed by atoms with E-state index in [0.717, 1.165) is 23.5 Å². The van der Waals surface area contributed by atoms with Crippen LogP contribution in [0.5, 0.6) is 11.5 Å². The lowest BCUT2D eigenvalue weighted by Crippen LogP contribution is -2.15. The molecule has 0 saturated carbocycles. The molecule has 8 nitrogen and oxygen atoms in total. The number of sulfonamides is 1. The fourth-order valence-electron chi connectivity index (χ4n) is 2.47. The molecule has 0 radical (unpaired) electrons. The third kappa shape index (κ3) is 4.93. The molecular weight excluding hydrogens is 447 g/mol. The van der Waals surface area contributed by atoms with Crippen LogP contribution in [0.25, 0.3) is 0 Å². The zero-order chi connectivity index (χ0) is 22.6. The fourth-order valence-corrected chi connectivity index (χ4v) is 4.47. The maximum Gasteiger partial charge on any atom is 0.338 e. The lowest BCUT2D eigenvalue weighted by Gasteiger charge is -2.12. The van der Waals surface area contributed by atoms with Crippen LogP contribution in [0.15, 0.2) is 46.8 Å². The first-order valence-corrected chi connectivity index (χ1v) is 10.9. The van der Waals surface area contributed by atoms with Crippen LogP contribution in [0.4, 0.5) is 10.1 Å². The van der Waals surface area contributed by atoms with Gasteiger partial charge in [-0.25, -0.2) is 14.2 Å². The number of aromatic carboxylic acids is 1.